The Morgan fingerprint density at radius 2 is 1.62 bits per heavy atom. The van der Waals surface area contributed by atoms with E-state index in [9.17, 15) is 18.0 Å². The highest BCUT2D eigenvalue weighted by atomic mass is 32.1. The number of amides is 1. The normalized spacial score (nSPS) is 12.1. The number of nitrogens with one attached hydrogen (secondary N) is 1. The molecule has 0 saturated carbocycles. The number of fused-ring (bicyclic) bond motifs is 5. The smallest absolute Gasteiger partial charge is 0.318 e. The van der Waals surface area contributed by atoms with Crippen LogP contribution >= 0.6 is 11.3 Å². The topological polar surface area (TPSA) is 29.1 Å². The molecule has 24 heavy (non-hydrogen) atoms. The fraction of sp³-hybridized carbons (Fsp3) is 0.0556. The summed E-state index contributed by atoms with van der Waals surface area (Å²) in [5.74, 6) is -1.96. The Kier molecular flexibility index (Phi) is 3.25. The van der Waals surface area contributed by atoms with Crippen molar-refractivity contribution in [2.24, 2.45) is 0 Å². The predicted molar refractivity (Wildman–Crippen MR) is 91.5 cm³/mol. The van der Waals surface area contributed by atoms with Gasteiger partial charge in [0.1, 0.15) is 0 Å². The minimum Gasteiger partial charge on any atom is -0.318 e. The van der Waals surface area contributed by atoms with Crippen LogP contribution in [0.15, 0.2) is 54.6 Å². The first-order chi connectivity index (χ1) is 11.4. The lowest BCUT2D eigenvalue weighted by Gasteiger charge is -2.11. The van der Waals surface area contributed by atoms with Crippen LogP contribution in [0.3, 0.4) is 0 Å². The zero-order valence-electron chi connectivity index (χ0n) is 12.1. The van der Waals surface area contributed by atoms with Crippen molar-refractivity contribution in [3.8, 4) is 0 Å². The van der Waals surface area contributed by atoms with E-state index < -0.39 is 12.1 Å². The van der Waals surface area contributed by atoms with Gasteiger partial charge < -0.3 is 5.32 Å². The minimum atomic E-state index is -4.93. The monoisotopic (exact) mass is 345 g/mol. The molecule has 6 heteroatoms. The molecule has 4 aromatic rings. The molecular weight excluding hydrogens is 335 g/mol. The van der Waals surface area contributed by atoms with E-state index in [1.807, 2.05) is 53.8 Å². The number of hydrogen-bond acceptors (Lipinski definition) is 2. The maximum absolute atomic E-state index is 12.7. The molecule has 0 bridgehead atoms. The van der Waals surface area contributed by atoms with Gasteiger partial charge in [-0.25, -0.2) is 0 Å². The fourth-order valence-electron chi connectivity index (χ4n) is 2.85. The number of thiophene rings is 1. The third kappa shape index (κ3) is 2.30. The molecule has 0 aliphatic rings. The first-order valence-electron chi connectivity index (χ1n) is 7.16. The van der Waals surface area contributed by atoms with Crippen LogP contribution < -0.4 is 5.32 Å². The summed E-state index contributed by atoms with van der Waals surface area (Å²) in [7, 11) is 0. The molecule has 2 nitrogen and oxygen atoms in total. The summed E-state index contributed by atoms with van der Waals surface area (Å²) >= 11 is 1.51. The fourth-order valence-corrected chi connectivity index (χ4v) is 4.12. The van der Waals surface area contributed by atoms with Gasteiger partial charge in [0.15, 0.2) is 0 Å². The summed E-state index contributed by atoms with van der Waals surface area (Å²) in [6.45, 7) is 0. The van der Waals surface area contributed by atoms with Crippen LogP contribution in [0.2, 0.25) is 0 Å². The molecule has 0 spiro atoms. The van der Waals surface area contributed by atoms with Crippen LogP contribution in [-0.2, 0) is 4.79 Å². The van der Waals surface area contributed by atoms with Crippen LogP contribution in [0, 0.1) is 0 Å². The molecule has 0 unspecified atom stereocenters. The van der Waals surface area contributed by atoms with Crippen molar-refractivity contribution in [1.82, 2.24) is 0 Å². The molecule has 1 N–H and O–H groups in total. The second-order valence-corrected chi connectivity index (χ2v) is 6.45. The van der Waals surface area contributed by atoms with E-state index in [4.69, 9.17) is 0 Å². The maximum atomic E-state index is 12.7. The minimum absolute atomic E-state index is 0.184. The Morgan fingerprint density at radius 3 is 2.38 bits per heavy atom. The number of rotatable bonds is 1. The number of benzene rings is 3. The van der Waals surface area contributed by atoms with Crippen molar-refractivity contribution in [1.29, 1.82) is 0 Å². The zero-order chi connectivity index (χ0) is 16.9. The first-order valence-corrected chi connectivity index (χ1v) is 7.98. The number of halogens is 3. The summed E-state index contributed by atoms with van der Waals surface area (Å²) in [5.41, 5.74) is 0.184. The van der Waals surface area contributed by atoms with E-state index in [0.29, 0.717) is 5.39 Å². The number of alkyl halides is 3. The Hall–Kier alpha value is -2.60. The SMILES string of the molecule is O=C(Nc1cc2ccccc2c2sc3ccccc3c12)C(F)(F)F. The van der Waals surface area contributed by atoms with Gasteiger partial charge >= 0.3 is 12.1 Å². The Morgan fingerprint density at radius 1 is 0.958 bits per heavy atom. The summed E-state index contributed by atoms with van der Waals surface area (Å²) in [6.07, 6.45) is -4.93. The Labute approximate surface area is 138 Å². The van der Waals surface area contributed by atoms with Crippen molar-refractivity contribution in [2.45, 2.75) is 6.18 Å². The molecule has 1 heterocycles. The van der Waals surface area contributed by atoms with Crippen LogP contribution in [0.1, 0.15) is 0 Å². The summed E-state index contributed by atoms with van der Waals surface area (Å²) in [5, 5.41) is 5.26. The molecule has 120 valence electrons. The molecule has 0 fully saturated rings. The van der Waals surface area contributed by atoms with Crippen molar-refractivity contribution >= 4 is 53.9 Å². The molecule has 3 aromatic carbocycles. The second kappa shape index (κ2) is 5.21. The van der Waals surface area contributed by atoms with E-state index in [-0.39, 0.29) is 5.69 Å². The summed E-state index contributed by atoms with van der Waals surface area (Å²) in [6, 6.07) is 16.5. The van der Waals surface area contributed by atoms with Gasteiger partial charge in [-0.3, -0.25) is 4.79 Å². The lowest BCUT2D eigenvalue weighted by Crippen LogP contribution is -2.29. The van der Waals surface area contributed by atoms with Gasteiger partial charge in [0, 0.05) is 20.2 Å². The molecule has 0 saturated heterocycles. The van der Waals surface area contributed by atoms with E-state index in [2.05, 4.69) is 0 Å². The lowest BCUT2D eigenvalue weighted by molar-refractivity contribution is -0.167. The van der Waals surface area contributed by atoms with Gasteiger partial charge in [-0.05, 0) is 22.9 Å². The average Bonchev–Trinajstić information content (AvgIpc) is 2.94. The largest absolute Gasteiger partial charge is 0.471 e. The Balaban J connectivity index is 2.08. The highest BCUT2D eigenvalue weighted by Crippen LogP contribution is 2.42. The molecule has 0 aliphatic heterocycles. The standard InChI is InChI=1S/C18H10F3NOS/c19-18(20,21)17(23)22-13-9-10-5-1-2-6-11(10)16-15(13)12-7-3-4-8-14(12)24-16/h1-9H,(H,22,23). The first kappa shape index (κ1) is 15.0. The van der Waals surface area contributed by atoms with Gasteiger partial charge in [-0.15, -0.1) is 11.3 Å². The molecule has 1 aromatic heterocycles. The van der Waals surface area contributed by atoms with Crippen molar-refractivity contribution in [3.63, 3.8) is 0 Å². The lowest BCUT2D eigenvalue weighted by atomic mass is 10.0. The third-order valence-electron chi connectivity index (χ3n) is 3.88. The van der Waals surface area contributed by atoms with E-state index in [1.54, 1.807) is 6.07 Å². The zero-order valence-corrected chi connectivity index (χ0v) is 13.0. The van der Waals surface area contributed by atoms with Gasteiger partial charge in [0.2, 0.25) is 0 Å². The molecular formula is C18H10F3NOS. The maximum Gasteiger partial charge on any atom is 0.471 e. The van der Waals surface area contributed by atoms with Gasteiger partial charge in [0.05, 0.1) is 5.69 Å². The van der Waals surface area contributed by atoms with E-state index in [0.717, 1.165) is 25.6 Å². The average molecular weight is 345 g/mol. The third-order valence-corrected chi connectivity index (χ3v) is 5.08. The molecule has 1 amide bonds. The van der Waals surface area contributed by atoms with Gasteiger partial charge in [-0.1, -0.05) is 42.5 Å². The van der Waals surface area contributed by atoms with Crippen molar-refractivity contribution in [3.05, 3.63) is 54.6 Å². The van der Waals surface area contributed by atoms with Gasteiger partial charge in [0.25, 0.3) is 0 Å². The van der Waals surface area contributed by atoms with Crippen LogP contribution in [-0.4, -0.2) is 12.1 Å². The molecule has 0 aliphatic carbocycles. The highest BCUT2D eigenvalue weighted by molar-refractivity contribution is 7.26. The Bertz CT molecular complexity index is 1100. The van der Waals surface area contributed by atoms with E-state index in [1.165, 1.54) is 11.3 Å². The number of hydrogen-bond donors (Lipinski definition) is 1. The number of anilines is 1. The van der Waals surface area contributed by atoms with Crippen LogP contribution in [0.4, 0.5) is 18.9 Å². The quantitative estimate of drug-likeness (QED) is 0.470. The van der Waals surface area contributed by atoms with Crippen LogP contribution in [0.25, 0.3) is 30.9 Å². The summed E-state index contributed by atoms with van der Waals surface area (Å²) in [4.78, 5) is 11.4. The van der Waals surface area contributed by atoms with E-state index >= 15 is 0 Å². The predicted octanol–water partition coefficient (Wildman–Crippen LogP) is 5.71. The summed E-state index contributed by atoms with van der Waals surface area (Å²) < 4.78 is 39.9. The van der Waals surface area contributed by atoms with Crippen LogP contribution in [0.5, 0.6) is 0 Å². The number of carbonyl (C=O) groups excluding carboxylic acids is 1. The molecule has 4 rings (SSSR count). The highest BCUT2D eigenvalue weighted by Gasteiger charge is 2.39. The second-order valence-electron chi connectivity index (χ2n) is 5.40. The van der Waals surface area contributed by atoms with Crippen molar-refractivity contribution < 1.29 is 18.0 Å². The van der Waals surface area contributed by atoms with Crippen molar-refractivity contribution in [2.75, 3.05) is 5.32 Å². The molecule has 0 radical (unpaired) electrons. The number of carbonyl (C=O) groups is 1. The van der Waals surface area contributed by atoms with Gasteiger partial charge in [-0.2, -0.15) is 13.2 Å². The molecule has 0 atom stereocenters.